The number of rotatable bonds is 3. The molecule has 1 atom stereocenters. The zero-order valence-electron chi connectivity index (χ0n) is 9.95. The monoisotopic (exact) mass is 329 g/mol. The number of piperidine rings is 1. The van der Waals surface area contributed by atoms with Crippen molar-refractivity contribution >= 4 is 22.6 Å². The van der Waals surface area contributed by atoms with Crippen molar-refractivity contribution in [2.45, 2.75) is 26.2 Å². The molecule has 0 N–H and O–H groups in total. The van der Waals surface area contributed by atoms with Crippen LogP contribution in [-0.2, 0) is 6.42 Å². The molecule has 1 aliphatic heterocycles. The quantitative estimate of drug-likeness (QED) is 0.767. The summed E-state index contributed by atoms with van der Waals surface area (Å²) >= 11 is 2.36. The first-order valence-corrected chi connectivity index (χ1v) is 7.29. The maximum Gasteiger partial charge on any atom is 0.0130 e. The summed E-state index contributed by atoms with van der Waals surface area (Å²) in [5.41, 5.74) is 1.47. The fourth-order valence-electron chi connectivity index (χ4n) is 2.43. The lowest BCUT2D eigenvalue weighted by Crippen LogP contribution is -2.35. The second-order valence-corrected chi connectivity index (χ2v) is 6.17. The Bertz CT molecular complexity index is 320. The van der Waals surface area contributed by atoms with Gasteiger partial charge in [-0.2, -0.15) is 0 Å². The summed E-state index contributed by atoms with van der Waals surface area (Å²) in [5.74, 6) is 0.894. The van der Waals surface area contributed by atoms with Gasteiger partial charge in [0.2, 0.25) is 0 Å². The minimum Gasteiger partial charge on any atom is -0.303 e. The van der Waals surface area contributed by atoms with E-state index in [0.717, 1.165) is 5.92 Å². The molecule has 1 aromatic rings. The van der Waals surface area contributed by atoms with Crippen LogP contribution < -0.4 is 0 Å². The average molecular weight is 329 g/mol. The Morgan fingerprint density at radius 2 is 2.06 bits per heavy atom. The van der Waals surface area contributed by atoms with E-state index in [1.165, 1.54) is 48.0 Å². The van der Waals surface area contributed by atoms with Crippen LogP contribution in [0, 0.1) is 9.49 Å². The highest BCUT2D eigenvalue weighted by Crippen LogP contribution is 2.16. The topological polar surface area (TPSA) is 3.24 Å². The summed E-state index contributed by atoms with van der Waals surface area (Å²) in [7, 11) is 0. The largest absolute Gasteiger partial charge is 0.303 e. The first kappa shape index (κ1) is 12.4. The SMILES string of the molecule is CC1CCCN(CCc2ccc(I)cc2)C1. The Morgan fingerprint density at radius 3 is 2.75 bits per heavy atom. The van der Waals surface area contributed by atoms with Gasteiger partial charge in [0.1, 0.15) is 0 Å². The summed E-state index contributed by atoms with van der Waals surface area (Å²) in [6, 6.07) is 8.92. The molecule has 1 unspecified atom stereocenters. The summed E-state index contributed by atoms with van der Waals surface area (Å²) in [6.07, 6.45) is 4.00. The van der Waals surface area contributed by atoms with Crippen molar-refractivity contribution in [1.82, 2.24) is 4.90 Å². The molecule has 0 spiro atoms. The van der Waals surface area contributed by atoms with Crippen molar-refractivity contribution in [1.29, 1.82) is 0 Å². The number of nitrogens with zero attached hydrogens (tertiary/aromatic N) is 1. The van der Waals surface area contributed by atoms with Crippen molar-refractivity contribution in [3.63, 3.8) is 0 Å². The number of hydrogen-bond acceptors (Lipinski definition) is 1. The zero-order chi connectivity index (χ0) is 11.4. The van der Waals surface area contributed by atoms with Gasteiger partial charge in [-0.25, -0.2) is 0 Å². The van der Waals surface area contributed by atoms with Gasteiger partial charge < -0.3 is 4.90 Å². The normalized spacial score (nSPS) is 22.2. The van der Waals surface area contributed by atoms with Gasteiger partial charge in [0.15, 0.2) is 0 Å². The fourth-order valence-corrected chi connectivity index (χ4v) is 2.79. The summed E-state index contributed by atoms with van der Waals surface area (Å²) < 4.78 is 1.33. The third kappa shape index (κ3) is 3.74. The maximum absolute atomic E-state index is 2.62. The third-order valence-electron chi connectivity index (χ3n) is 3.37. The molecule has 1 fully saturated rings. The van der Waals surface area contributed by atoms with Gasteiger partial charge >= 0.3 is 0 Å². The molecule has 2 heteroatoms. The number of halogens is 1. The van der Waals surface area contributed by atoms with Crippen LogP contribution in [0.5, 0.6) is 0 Å². The van der Waals surface area contributed by atoms with Gasteiger partial charge in [-0.05, 0) is 72.0 Å². The molecule has 0 bridgehead atoms. The third-order valence-corrected chi connectivity index (χ3v) is 4.09. The van der Waals surface area contributed by atoms with Gasteiger partial charge in [0.05, 0.1) is 0 Å². The summed E-state index contributed by atoms with van der Waals surface area (Å²) in [5, 5.41) is 0. The van der Waals surface area contributed by atoms with Crippen LogP contribution in [0.15, 0.2) is 24.3 Å². The Balaban J connectivity index is 1.80. The predicted octanol–water partition coefficient (Wildman–Crippen LogP) is 3.57. The molecule has 2 rings (SSSR count). The highest BCUT2D eigenvalue weighted by Gasteiger charge is 2.15. The van der Waals surface area contributed by atoms with E-state index in [4.69, 9.17) is 0 Å². The fraction of sp³-hybridized carbons (Fsp3) is 0.571. The molecule has 0 aromatic heterocycles. The van der Waals surface area contributed by atoms with Gasteiger partial charge in [-0.1, -0.05) is 19.1 Å². The maximum atomic E-state index is 2.62. The minimum absolute atomic E-state index is 0.894. The van der Waals surface area contributed by atoms with Gasteiger partial charge in [0, 0.05) is 16.7 Å². The molecule has 0 saturated carbocycles. The van der Waals surface area contributed by atoms with E-state index < -0.39 is 0 Å². The van der Waals surface area contributed by atoms with Crippen molar-refractivity contribution in [3.8, 4) is 0 Å². The standard InChI is InChI=1S/C14H20IN/c1-12-3-2-9-16(11-12)10-8-13-4-6-14(15)7-5-13/h4-7,12H,2-3,8-11H2,1H3. The first-order valence-electron chi connectivity index (χ1n) is 6.21. The molecule has 0 aliphatic carbocycles. The molecule has 1 nitrogen and oxygen atoms in total. The van der Waals surface area contributed by atoms with E-state index >= 15 is 0 Å². The Labute approximate surface area is 112 Å². The highest BCUT2D eigenvalue weighted by atomic mass is 127. The van der Waals surface area contributed by atoms with E-state index in [1.54, 1.807) is 0 Å². The van der Waals surface area contributed by atoms with E-state index in [1.807, 2.05) is 0 Å². The second kappa shape index (κ2) is 6.01. The molecule has 88 valence electrons. The lowest BCUT2D eigenvalue weighted by atomic mass is 10.00. The Morgan fingerprint density at radius 1 is 1.31 bits per heavy atom. The van der Waals surface area contributed by atoms with Crippen molar-refractivity contribution in [3.05, 3.63) is 33.4 Å². The minimum atomic E-state index is 0.894. The second-order valence-electron chi connectivity index (χ2n) is 4.92. The Kier molecular flexibility index (Phi) is 4.65. The molecular weight excluding hydrogens is 309 g/mol. The number of benzene rings is 1. The lowest BCUT2D eigenvalue weighted by molar-refractivity contribution is 0.186. The Hall–Kier alpha value is -0.0900. The van der Waals surface area contributed by atoms with Crippen molar-refractivity contribution in [2.24, 2.45) is 5.92 Å². The van der Waals surface area contributed by atoms with E-state index in [-0.39, 0.29) is 0 Å². The lowest BCUT2D eigenvalue weighted by Gasteiger charge is -2.30. The first-order chi connectivity index (χ1) is 7.74. The van der Waals surface area contributed by atoms with Crippen molar-refractivity contribution < 1.29 is 0 Å². The number of likely N-dealkylation sites (tertiary alicyclic amines) is 1. The molecule has 1 heterocycles. The number of hydrogen-bond donors (Lipinski definition) is 0. The highest BCUT2D eigenvalue weighted by molar-refractivity contribution is 14.1. The van der Waals surface area contributed by atoms with E-state index in [0.29, 0.717) is 0 Å². The summed E-state index contributed by atoms with van der Waals surface area (Å²) in [6.45, 7) is 6.20. The molecular formula is C14H20IN. The van der Waals surface area contributed by atoms with Gasteiger partial charge in [0.25, 0.3) is 0 Å². The average Bonchev–Trinajstić information content (AvgIpc) is 2.28. The van der Waals surface area contributed by atoms with Gasteiger partial charge in [-0.3, -0.25) is 0 Å². The predicted molar refractivity (Wildman–Crippen MR) is 77.7 cm³/mol. The van der Waals surface area contributed by atoms with Crippen LogP contribution in [0.2, 0.25) is 0 Å². The zero-order valence-corrected chi connectivity index (χ0v) is 12.1. The van der Waals surface area contributed by atoms with E-state index in [9.17, 15) is 0 Å². The van der Waals surface area contributed by atoms with Crippen LogP contribution in [0.3, 0.4) is 0 Å². The molecule has 0 amide bonds. The molecule has 16 heavy (non-hydrogen) atoms. The smallest absolute Gasteiger partial charge is 0.0130 e. The van der Waals surface area contributed by atoms with Crippen LogP contribution in [0.25, 0.3) is 0 Å². The van der Waals surface area contributed by atoms with Crippen LogP contribution in [-0.4, -0.2) is 24.5 Å². The van der Waals surface area contributed by atoms with Gasteiger partial charge in [-0.15, -0.1) is 0 Å². The molecule has 1 aliphatic rings. The summed E-state index contributed by atoms with van der Waals surface area (Å²) in [4.78, 5) is 2.62. The van der Waals surface area contributed by atoms with Crippen LogP contribution in [0.1, 0.15) is 25.3 Å². The molecule has 0 radical (unpaired) electrons. The van der Waals surface area contributed by atoms with Crippen LogP contribution in [0.4, 0.5) is 0 Å². The van der Waals surface area contributed by atoms with Crippen molar-refractivity contribution in [2.75, 3.05) is 19.6 Å². The molecule has 1 aromatic carbocycles. The van der Waals surface area contributed by atoms with Crippen LogP contribution >= 0.6 is 22.6 Å². The van der Waals surface area contributed by atoms with E-state index in [2.05, 4.69) is 58.7 Å². The molecule has 1 saturated heterocycles.